The van der Waals surface area contributed by atoms with Crippen molar-refractivity contribution in [3.05, 3.63) is 17.5 Å². The van der Waals surface area contributed by atoms with Crippen molar-refractivity contribution in [3.8, 4) is 0 Å². The van der Waals surface area contributed by atoms with Crippen LogP contribution in [0.15, 0.2) is 6.20 Å². The van der Waals surface area contributed by atoms with Gasteiger partial charge in [-0.25, -0.2) is 0 Å². The molecule has 1 unspecified atom stereocenters. The SMILES string of the molecule is Cn1cc2c(n1)CC1(CC1)C2N. The summed E-state index contributed by atoms with van der Waals surface area (Å²) in [5, 5.41) is 4.41. The number of aryl methyl sites for hydroxylation is 1. The van der Waals surface area contributed by atoms with Gasteiger partial charge in [-0.15, -0.1) is 0 Å². The summed E-state index contributed by atoms with van der Waals surface area (Å²) < 4.78 is 1.87. The molecule has 12 heavy (non-hydrogen) atoms. The first-order valence-corrected chi connectivity index (χ1v) is 4.49. The average Bonchev–Trinajstić information content (AvgIpc) is 2.64. The Kier molecular flexibility index (Phi) is 0.966. The van der Waals surface area contributed by atoms with Gasteiger partial charge in [-0.05, 0) is 24.7 Å². The van der Waals surface area contributed by atoms with Gasteiger partial charge in [0.15, 0.2) is 0 Å². The zero-order valence-electron chi connectivity index (χ0n) is 7.25. The second kappa shape index (κ2) is 1.74. The second-order valence-corrected chi connectivity index (χ2v) is 4.22. The quantitative estimate of drug-likeness (QED) is 0.613. The molecule has 3 heteroatoms. The van der Waals surface area contributed by atoms with E-state index in [-0.39, 0.29) is 6.04 Å². The third-order valence-corrected chi connectivity index (χ3v) is 3.34. The van der Waals surface area contributed by atoms with E-state index in [1.807, 2.05) is 11.7 Å². The fraction of sp³-hybridized carbons (Fsp3) is 0.667. The molecule has 0 aromatic carbocycles. The van der Waals surface area contributed by atoms with Crippen molar-refractivity contribution < 1.29 is 0 Å². The lowest BCUT2D eigenvalue weighted by molar-refractivity contribution is 0.438. The van der Waals surface area contributed by atoms with Gasteiger partial charge in [0, 0.05) is 24.8 Å². The average molecular weight is 163 g/mol. The number of aromatic nitrogens is 2. The molecule has 0 bridgehead atoms. The molecular weight excluding hydrogens is 150 g/mol. The molecule has 1 fully saturated rings. The summed E-state index contributed by atoms with van der Waals surface area (Å²) in [7, 11) is 1.96. The van der Waals surface area contributed by atoms with Crippen LogP contribution in [-0.2, 0) is 13.5 Å². The van der Waals surface area contributed by atoms with Crippen LogP contribution in [-0.4, -0.2) is 9.78 Å². The lowest BCUT2D eigenvalue weighted by Crippen LogP contribution is -2.18. The first-order chi connectivity index (χ1) is 5.71. The Morgan fingerprint density at radius 2 is 2.42 bits per heavy atom. The van der Waals surface area contributed by atoms with Crippen LogP contribution in [0, 0.1) is 5.41 Å². The van der Waals surface area contributed by atoms with E-state index in [2.05, 4.69) is 11.3 Å². The van der Waals surface area contributed by atoms with Crippen LogP contribution in [0.1, 0.15) is 30.1 Å². The minimum atomic E-state index is 0.265. The van der Waals surface area contributed by atoms with Crippen LogP contribution < -0.4 is 5.73 Å². The van der Waals surface area contributed by atoms with Crippen LogP contribution in [0.3, 0.4) is 0 Å². The third kappa shape index (κ3) is 0.630. The number of hydrogen-bond donors (Lipinski definition) is 1. The molecule has 0 aliphatic heterocycles. The first kappa shape index (κ1) is 6.66. The van der Waals surface area contributed by atoms with Crippen LogP contribution in [0.4, 0.5) is 0 Å². The van der Waals surface area contributed by atoms with E-state index in [1.54, 1.807) is 0 Å². The van der Waals surface area contributed by atoms with E-state index in [4.69, 9.17) is 5.73 Å². The van der Waals surface area contributed by atoms with Gasteiger partial charge in [-0.2, -0.15) is 5.10 Å². The van der Waals surface area contributed by atoms with E-state index < -0.39 is 0 Å². The van der Waals surface area contributed by atoms with Gasteiger partial charge in [0.05, 0.1) is 5.69 Å². The minimum Gasteiger partial charge on any atom is -0.323 e. The van der Waals surface area contributed by atoms with Crippen molar-refractivity contribution in [1.29, 1.82) is 0 Å². The highest BCUT2D eigenvalue weighted by Crippen LogP contribution is 2.60. The van der Waals surface area contributed by atoms with E-state index >= 15 is 0 Å². The lowest BCUT2D eigenvalue weighted by atomic mass is 9.99. The van der Waals surface area contributed by atoms with Gasteiger partial charge in [0.2, 0.25) is 0 Å². The van der Waals surface area contributed by atoms with Crippen molar-refractivity contribution in [3.63, 3.8) is 0 Å². The van der Waals surface area contributed by atoms with E-state index in [0.717, 1.165) is 6.42 Å². The molecule has 2 aliphatic carbocycles. The van der Waals surface area contributed by atoms with Crippen LogP contribution in [0.2, 0.25) is 0 Å². The highest BCUT2D eigenvalue weighted by Gasteiger charge is 2.54. The second-order valence-electron chi connectivity index (χ2n) is 4.22. The van der Waals surface area contributed by atoms with Crippen molar-refractivity contribution in [2.45, 2.75) is 25.3 Å². The highest BCUT2D eigenvalue weighted by atomic mass is 15.3. The molecule has 1 heterocycles. The Morgan fingerprint density at radius 3 is 3.00 bits per heavy atom. The molecule has 0 radical (unpaired) electrons. The summed E-state index contributed by atoms with van der Waals surface area (Å²) in [5.41, 5.74) is 9.11. The van der Waals surface area contributed by atoms with Crippen molar-refractivity contribution in [2.75, 3.05) is 0 Å². The fourth-order valence-electron chi connectivity index (χ4n) is 2.37. The fourth-order valence-corrected chi connectivity index (χ4v) is 2.37. The lowest BCUT2D eigenvalue weighted by Gasteiger charge is -2.12. The number of rotatable bonds is 0. The van der Waals surface area contributed by atoms with Gasteiger partial charge in [0.25, 0.3) is 0 Å². The van der Waals surface area contributed by atoms with Crippen molar-refractivity contribution in [2.24, 2.45) is 18.2 Å². The van der Waals surface area contributed by atoms with E-state index in [9.17, 15) is 0 Å². The van der Waals surface area contributed by atoms with Crippen LogP contribution >= 0.6 is 0 Å². The van der Waals surface area contributed by atoms with Crippen LogP contribution in [0.25, 0.3) is 0 Å². The molecule has 1 saturated carbocycles. The number of hydrogen-bond acceptors (Lipinski definition) is 2. The number of nitrogens with two attached hydrogens (primary N) is 1. The summed E-state index contributed by atoms with van der Waals surface area (Å²) in [4.78, 5) is 0. The van der Waals surface area contributed by atoms with Crippen LogP contribution in [0.5, 0.6) is 0 Å². The maximum atomic E-state index is 6.15. The molecule has 0 saturated heterocycles. The third-order valence-electron chi connectivity index (χ3n) is 3.34. The zero-order valence-corrected chi connectivity index (χ0v) is 7.25. The maximum absolute atomic E-state index is 6.15. The van der Waals surface area contributed by atoms with Crippen molar-refractivity contribution in [1.82, 2.24) is 9.78 Å². The summed E-state index contributed by atoms with van der Waals surface area (Å²) >= 11 is 0. The monoisotopic (exact) mass is 163 g/mol. The van der Waals surface area contributed by atoms with E-state index in [0.29, 0.717) is 5.41 Å². The Labute approximate surface area is 71.6 Å². The largest absolute Gasteiger partial charge is 0.323 e. The predicted molar refractivity (Wildman–Crippen MR) is 45.5 cm³/mol. The molecule has 3 rings (SSSR count). The molecule has 0 amide bonds. The standard InChI is InChI=1S/C9H13N3/c1-12-5-6-7(11-12)4-9(2-3-9)8(6)10/h5,8H,2-4,10H2,1H3. The predicted octanol–water partition coefficient (Wildman–Crippen LogP) is 0.756. The molecule has 64 valence electrons. The zero-order chi connectivity index (χ0) is 8.34. The topological polar surface area (TPSA) is 43.8 Å². The summed E-state index contributed by atoms with van der Waals surface area (Å²) in [6.45, 7) is 0. The molecule has 2 N–H and O–H groups in total. The Balaban J connectivity index is 2.10. The summed E-state index contributed by atoms with van der Waals surface area (Å²) in [6, 6.07) is 0.265. The highest BCUT2D eigenvalue weighted by molar-refractivity contribution is 5.34. The summed E-state index contributed by atoms with van der Waals surface area (Å²) in [5.74, 6) is 0. The number of nitrogens with zero attached hydrogens (tertiary/aromatic N) is 2. The van der Waals surface area contributed by atoms with Crippen molar-refractivity contribution >= 4 is 0 Å². The molecule has 1 spiro atoms. The first-order valence-electron chi connectivity index (χ1n) is 4.49. The molecule has 3 nitrogen and oxygen atoms in total. The van der Waals surface area contributed by atoms with E-state index in [1.165, 1.54) is 24.1 Å². The molecular formula is C9H13N3. The molecule has 1 atom stereocenters. The normalized spacial score (nSPS) is 29.3. The van der Waals surface area contributed by atoms with Gasteiger partial charge in [-0.1, -0.05) is 0 Å². The van der Waals surface area contributed by atoms with Gasteiger partial charge in [-0.3, -0.25) is 4.68 Å². The minimum absolute atomic E-state index is 0.265. The van der Waals surface area contributed by atoms with Gasteiger partial charge < -0.3 is 5.73 Å². The molecule has 1 aromatic rings. The Hall–Kier alpha value is -0.830. The van der Waals surface area contributed by atoms with Gasteiger partial charge >= 0.3 is 0 Å². The summed E-state index contributed by atoms with van der Waals surface area (Å²) in [6.07, 6.45) is 5.79. The maximum Gasteiger partial charge on any atom is 0.0678 e. The Morgan fingerprint density at radius 1 is 1.67 bits per heavy atom. The smallest absolute Gasteiger partial charge is 0.0678 e. The number of fused-ring (bicyclic) bond motifs is 1. The Bertz CT molecular complexity index is 336. The molecule has 1 aromatic heterocycles. The van der Waals surface area contributed by atoms with Gasteiger partial charge in [0.1, 0.15) is 0 Å². The molecule has 2 aliphatic rings.